The number of anilines is 1. The second kappa shape index (κ2) is 9.88. The van der Waals surface area contributed by atoms with E-state index in [-0.39, 0.29) is 19.0 Å². The molecule has 0 saturated heterocycles. The van der Waals surface area contributed by atoms with Gasteiger partial charge in [0.05, 0.1) is 24.6 Å². The average molecular weight is 343 g/mol. The maximum Gasteiger partial charge on any atom is 0.181 e. The molecule has 0 heterocycles. The number of nitrogens with zero attached hydrogens (tertiary/aromatic N) is 2. The van der Waals surface area contributed by atoms with Crippen LogP contribution >= 0.6 is 0 Å². The van der Waals surface area contributed by atoms with Crippen LogP contribution in [0.2, 0.25) is 0 Å². The lowest BCUT2D eigenvalue weighted by Crippen LogP contribution is -2.34. The molecule has 25 heavy (non-hydrogen) atoms. The Morgan fingerprint density at radius 2 is 1.72 bits per heavy atom. The molecular formula is C19H25N3O3. The number of hydrogen-bond acceptors (Lipinski definition) is 6. The standard InChI is InChI=1S/C19H25N3O3/c1-15-14-18(6-7-19(15)25)21-17-4-2-16(3-5-17)20-8-9-22(10-12-23)11-13-24/h2-7,14,20,23-24H,8-13H2,1H3. The molecule has 1 aromatic rings. The number of carbonyl (C=O) groups excluding carboxylic acids is 1. The predicted octanol–water partition coefficient (Wildman–Crippen LogP) is 1.54. The normalized spacial score (nSPS) is 15.8. The van der Waals surface area contributed by atoms with Crippen LogP contribution in [0.1, 0.15) is 6.92 Å². The summed E-state index contributed by atoms with van der Waals surface area (Å²) < 4.78 is 0. The number of rotatable bonds is 9. The number of hydrogen-bond donors (Lipinski definition) is 3. The Labute approximate surface area is 148 Å². The number of benzene rings is 1. The van der Waals surface area contributed by atoms with Crippen LogP contribution in [-0.2, 0) is 4.79 Å². The van der Waals surface area contributed by atoms with Crippen LogP contribution in [0.15, 0.2) is 53.1 Å². The van der Waals surface area contributed by atoms with Gasteiger partial charge in [0.1, 0.15) is 0 Å². The molecule has 0 aliphatic heterocycles. The number of ketones is 1. The summed E-state index contributed by atoms with van der Waals surface area (Å²) in [4.78, 5) is 17.9. The molecule has 1 aliphatic rings. The van der Waals surface area contributed by atoms with Crippen LogP contribution in [0.4, 0.5) is 11.4 Å². The Morgan fingerprint density at radius 1 is 1.04 bits per heavy atom. The molecule has 6 heteroatoms. The van der Waals surface area contributed by atoms with Gasteiger partial charge in [0.25, 0.3) is 0 Å². The van der Waals surface area contributed by atoms with E-state index >= 15 is 0 Å². The van der Waals surface area contributed by atoms with Crippen molar-refractivity contribution in [3.05, 3.63) is 48.1 Å². The highest BCUT2D eigenvalue weighted by atomic mass is 16.3. The molecule has 6 nitrogen and oxygen atoms in total. The molecule has 0 unspecified atom stereocenters. The molecule has 0 saturated carbocycles. The zero-order valence-corrected chi connectivity index (χ0v) is 14.5. The van der Waals surface area contributed by atoms with Gasteiger partial charge in [-0.15, -0.1) is 0 Å². The quantitative estimate of drug-likeness (QED) is 0.592. The average Bonchev–Trinajstić information content (AvgIpc) is 2.60. The largest absolute Gasteiger partial charge is 0.395 e. The van der Waals surface area contributed by atoms with Crippen molar-refractivity contribution in [2.45, 2.75) is 6.92 Å². The van der Waals surface area contributed by atoms with Crippen LogP contribution in [0, 0.1) is 0 Å². The first-order chi connectivity index (χ1) is 12.1. The minimum absolute atomic E-state index is 0.0231. The van der Waals surface area contributed by atoms with Gasteiger partial charge in [0.15, 0.2) is 5.78 Å². The van der Waals surface area contributed by atoms with Gasteiger partial charge in [-0.3, -0.25) is 9.69 Å². The van der Waals surface area contributed by atoms with Gasteiger partial charge in [-0.25, -0.2) is 4.99 Å². The number of aliphatic imine (C=N–C) groups is 1. The Morgan fingerprint density at radius 3 is 2.32 bits per heavy atom. The number of carbonyl (C=O) groups is 1. The van der Waals surface area contributed by atoms with Gasteiger partial charge in [0.2, 0.25) is 0 Å². The van der Waals surface area contributed by atoms with E-state index in [1.165, 1.54) is 6.08 Å². The van der Waals surface area contributed by atoms with Gasteiger partial charge in [-0.1, -0.05) is 0 Å². The third-order valence-electron chi connectivity index (χ3n) is 3.87. The van der Waals surface area contributed by atoms with E-state index < -0.39 is 0 Å². The SMILES string of the molecule is CC1=CC(=Nc2ccc(NCCN(CCO)CCO)cc2)C=CC1=O. The summed E-state index contributed by atoms with van der Waals surface area (Å²) in [6, 6.07) is 7.75. The van der Waals surface area contributed by atoms with Gasteiger partial charge in [-0.2, -0.15) is 0 Å². The number of aliphatic hydroxyl groups excluding tert-OH is 2. The third-order valence-corrected chi connectivity index (χ3v) is 3.87. The lowest BCUT2D eigenvalue weighted by molar-refractivity contribution is -0.111. The highest BCUT2D eigenvalue weighted by Crippen LogP contribution is 2.18. The summed E-state index contributed by atoms with van der Waals surface area (Å²) in [5.41, 5.74) is 3.26. The van der Waals surface area contributed by atoms with Crippen LogP contribution in [0.3, 0.4) is 0 Å². The Kier molecular flexibility index (Phi) is 7.53. The Hall–Kier alpha value is -2.28. The van der Waals surface area contributed by atoms with E-state index in [1.807, 2.05) is 29.2 Å². The lowest BCUT2D eigenvalue weighted by atomic mass is 10.1. The second-order valence-corrected chi connectivity index (χ2v) is 5.82. The van der Waals surface area contributed by atoms with Crippen molar-refractivity contribution in [2.24, 2.45) is 4.99 Å². The molecule has 2 rings (SSSR count). The van der Waals surface area contributed by atoms with E-state index in [0.717, 1.165) is 30.2 Å². The monoisotopic (exact) mass is 343 g/mol. The number of allylic oxidation sites excluding steroid dienone is 4. The van der Waals surface area contributed by atoms with Crippen molar-refractivity contribution < 1.29 is 15.0 Å². The minimum atomic E-state index is 0.0231. The van der Waals surface area contributed by atoms with Gasteiger partial charge >= 0.3 is 0 Å². The van der Waals surface area contributed by atoms with Crippen LogP contribution in [0.5, 0.6) is 0 Å². The van der Waals surface area contributed by atoms with Crippen molar-refractivity contribution in [1.29, 1.82) is 0 Å². The maximum atomic E-state index is 11.4. The molecule has 1 aliphatic carbocycles. The first kappa shape index (κ1) is 19.1. The van der Waals surface area contributed by atoms with Crippen molar-refractivity contribution >= 4 is 22.9 Å². The maximum absolute atomic E-state index is 11.4. The highest BCUT2D eigenvalue weighted by molar-refractivity contribution is 6.19. The second-order valence-electron chi connectivity index (χ2n) is 5.82. The fraction of sp³-hybridized carbons (Fsp3) is 0.368. The van der Waals surface area contributed by atoms with Gasteiger partial charge in [0, 0.05) is 31.9 Å². The van der Waals surface area contributed by atoms with Crippen molar-refractivity contribution in [2.75, 3.05) is 44.7 Å². The molecule has 0 bridgehead atoms. The summed E-state index contributed by atoms with van der Waals surface area (Å²) in [6.07, 6.45) is 5.04. The third kappa shape index (κ3) is 6.26. The van der Waals surface area contributed by atoms with E-state index in [1.54, 1.807) is 19.1 Å². The van der Waals surface area contributed by atoms with E-state index in [0.29, 0.717) is 18.7 Å². The molecule has 134 valence electrons. The first-order valence-electron chi connectivity index (χ1n) is 8.40. The Bertz CT molecular complexity index is 657. The predicted molar refractivity (Wildman–Crippen MR) is 101 cm³/mol. The molecule has 0 fully saturated rings. The molecule has 0 atom stereocenters. The molecule has 0 spiro atoms. The van der Waals surface area contributed by atoms with Crippen molar-refractivity contribution in [1.82, 2.24) is 4.90 Å². The van der Waals surface area contributed by atoms with E-state index in [4.69, 9.17) is 10.2 Å². The summed E-state index contributed by atoms with van der Waals surface area (Å²) in [7, 11) is 0. The van der Waals surface area contributed by atoms with Crippen LogP contribution in [-0.4, -0.2) is 66.0 Å². The summed E-state index contributed by atoms with van der Waals surface area (Å²) >= 11 is 0. The smallest absolute Gasteiger partial charge is 0.181 e. The summed E-state index contributed by atoms with van der Waals surface area (Å²) in [5, 5.41) is 21.3. The van der Waals surface area contributed by atoms with Gasteiger partial charge < -0.3 is 15.5 Å². The molecule has 0 amide bonds. The zero-order chi connectivity index (χ0) is 18.1. The summed E-state index contributed by atoms with van der Waals surface area (Å²) in [6.45, 7) is 4.54. The van der Waals surface area contributed by atoms with Crippen molar-refractivity contribution in [3.63, 3.8) is 0 Å². The molecular weight excluding hydrogens is 318 g/mol. The number of nitrogens with one attached hydrogen (secondary N) is 1. The van der Waals surface area contributed by atoms with Gasteiger partial charge in [-0.05, 0) is 55.0 Å². The molecule has 3 N–H and O–H groups in total. The van der Waals surface area contributed by atoms with Crippen LogP contribution < -0.4 is 5.32 Å². The molecule has 0 aromatic heterocycles. The van der Waals surface area contributed by atoms with E-state index in [9.17, 15) is 4.79 Å². The topological polar surface area (TPSA) is 85.2 Å². The number of aliphatic hydroxyl groups is 2. The molecule has 0 radical (unpaired) electrons. The van der Waals surface area contributed by atoms with E-state index in [2.05, 4.69) is 10.3 Å². The molecule has 1 aromatic carbocycles. The first-order valence-corrected chi connectivity index (χ1v) is 8.40. The van der Waals surface area contributed by atoms with Crippen LogP contribution in [0.25, 0.3) is 0 Å². The van der Waals surface area contributed by atoms with Crippen molar-refractivity contribution in [3.8, 4) is 0 Å². The minimum Gasteiger partial charge on any atom is -0.395 e. The summed E-state index contributed by atoms with van der Waals surface area (Å²) in [5.74, 6) is 0.0231. The fourth-order valence-corrected chi connectivity index (χ4v) is 2.48. The fourth-order valence-electron chi connectivity index (χ4n) is 2.48. The Balaban J connectivity index is 1.88. The lowest BCUT2D eigenvalue weighted by Gasteiger charge is -2.20. The zero-order valence-electron chi connectivity index (χ0n) is 14.5. The highest BCUT2D eigenvalue weighted by Gasteiger charge is 2.07.